The van der Waals surface area contributed by atoms with E-state index in [4.69, 9.17) is 9.47 Å². The molecule has 0 radical (unpaired) electrons. The number of benzene rings is 1. The molecule has 0 spiro atoms. The third-order valence-electron chi connectivity index (χ3n) is 7.78. The number of aromatic nitrogens is 4. The topological polar surface area (TPSA) is 97.6 Å². The molecule has 5 rings (SSSR count). The van der Waals surface area contributed by atoms with Gasteiger partial charge in [0.25, 0.3) is 5.82 Å². The van der Waals surface area contributed by atoms with Crippen molar-refractivity contribution in [3.8, 4) is 11.7 Å². The first kappa shape index (κ1) is 31.6. The lowest BCUT2D eigenvalue weighted by atomic mass is 10.0. The molecule has 1 atom stereocenters. The molecular weight excluding hydrogens is 575 g/mol. The van der Waals surface area contributed by atoms with Crippen molar-refractivity contribution in [1.82, 2.24) is 29.5 Å². The van der Waals surface area contributed by atoms with Crippen LogP contribution in [0.15, 0.2) is 36.4 Å². The van der Waals surface area contributed by atoms with Crippen molar-refractivity contribution in [1.29, 1.82) is 0 Å². The number of alkyl halides is 3. The fourth-order valence-electron chi connectivity index (χ4n) is 5.56. The molecule has 1 N–H and O–H groups in total. The van der Waals surface area contributed by atoms with Crippen LogP contribution in [-0.2, 0) is 23.8 Å². The van der Waals surface area contributed by atoms with Gasteiger partial charge in [0.1, 0.15) is 12.2 Å². The number of hydrogen-bond acceptors (Lipinski definition) is 8. The highest BCUT2D eigenvalue weighted by Gasteiger charge is 2.37. The average Bonchev–Trinajstić information content (AvgIpc) is 3.59. The van der Waals surface area contributed by atoms with E-state index in [0.717, 1.165) is 43.5 Å². The maximum atomic E-state index is 13.7. The van der Waals surface area contributed by atoms with Crippen molar-refractivity contribution in [2.45, 2.75) is 77.1 Å². The first-order valence-electron chi connectivity index (χ1n) is 15.1. The third-order valence-corrected chi connectivity index (χ3v) is 7.78. The summed E-state index contributed by atoms with van der Waals surface area (Å²) in [5.41, 5.74) is 2.47. The molecule has 0 bridgehead atoms. The Balaban J connectivity index is 1.30. The molecule has 10 nitrogen and oxygen atoms in total. The van der Waals surface area contributed by atoms with Gasteiger partial charge in [0.05, 0.1) is 6.54 Å². The molecule has 2 aromatic heterocycles. The molecule has 2 aliphatic rings. The van der Waals surface area contributed by atoms with Gasteiger partial charge in [-0.25, -0.2) is 4.79 Å². The van der Waals surface area contributed by atoms with E-state index in [1.54, 1.807) is 40.0 Å². The van der Waals surface area contributed by atoms with E-state index < -0.39 is 23.7 Å². The van der Waals surface area contributed by atoms with Crippen LogP contribution >= 0.6 is 0 Å². The molecule has 1 unspecified atom stereocenters. The summed E-state index contributed by atoms with van der Waals surface area (Å²) in [4.78, 5) is 24.3. The Bertz CT molecular complexity index is 1450. The molecule has 3 heterocycles. The number of nitrogens with zero attached hydrogens (tertiary/aromatic N) is 6. The average molecular weight is 616 g/mol. The van der Waals surface area contributed by atoms with Crippen molar-refractivity contribution in [3.05, 3.63) is 53.3 Å². The number of aryl methyl sites for hydroxylation is 2. The molecule has 1 aromatic carbocycles. The molecule has 1 saturated heterocycles. The number of pyridine rings is 1. The van der Waals surface area contributed by atoms with Crippen LogP contribution in [0.4, 0.5) is 29.6 Å². The molecule has 238 valence electrons. The number of rotatable bonds is 8. The Labute approximate surface area is 255 Å². The highest BCUT2D eigenvalue weighted by molar-refractivity contribution is 5.67. The fourth-order valence-corrected chi connectivity index (χ4v) is 5.56. The summed E-state index contributed by atoms with van der Waals surface area (Å²) in [5, 5.41) is 6.79. The number of hydrogen-bond donors (Lipinski definition) is 1. The highest BCUT2D eigenvalue weighted by Crippen LogP contribution is 2.32. The molecule has 1 aliphatic heterocycles. The van der Waals surface area contributed by atoms with E-state index in [-0.39, 0.29) is 30.8 Å². The molecule has 13 heteroatoms. The number of amides is 1. The Hall–Kier alpha value is -3.87. The third kappa shape index (κ3) is 7.99. The van der Waals surface area contributed by atoms with Crippen molar-refractivity contribution >= 4 is 17.7 Å². The summed E-state index contributed by atoms with van der Waals surface area (Å²) in [6, 6.07) is 11.2. The van der Waals surface area contributed by atoms with E-state index >= 15 is 0 Å². The summed E-state index contributed by atoms with van der Waals surface area (Å²) in [7, 11) is 1.58. The zero-order valence-electron chi connectivity index (χ0n) is 25.7. The second-order valence-corrected chi connectivity index (χ2v) is 12.3. The van der Waals surface area contributed by atoms with Gasteiger partial charge >= 0.3 is 12.3 Å². The lowest BCUT2D eigenvalue weighted by Crippen LogP contribution is -2.36. The first-order valence-corrected chi connectivity index (χ1v) is 15.1. The number of nitrogens with one attached hydrogen (secondary N) is 1. The standard InChI is InChI=1S/C31H40F3N7O3/c1-30(2,3)44-29(42)39(4)18-19-43-26-9-7-8-25(36-26)41-28(37-27(38-41)31(32,33)34)35-23-13-10-21-11-14-24(15-12-22(21)20-23)40-16-5-6-17-40/h7-10,13,20,24H,5-6,11-12,14-19H2,1-4H3,(H,35,37,38). The lowest BCUT2D eigenvalue weighted by molar-refractivity contribution is -0.144. The number of fused-ring (bicyclic) bond motifs is 1. The summed E-state index contributed by atoms with van der Waals surface area (Å²) < 4.78 is 53.2. The lowest BCUT2D eigenvalue weighted by Gasteiger charge is -2.25. The number of carbonyl (C=O) groups is 1. The van der Waals surface area contributed by atoms with Gasteiger partial charge in [-0.1, -0.05) is 12.1 Å². The molecule has 1 amide bonds. The minimum Gasteiger partial charge on any atom is -0.476 e. The summed E-state index contributed by atoms with van der Waals surface area (Å²) >= 11 is 0. The summed E-state index contributed by atoms with van der Waals surface area (Å²) in [6.07, 6.45) is 1.34. The molecule has 44 heavy (non-hydrogen) atoms. The van der Waals surface area contributed by atoms with Gasteiger partial charge in [0, 0.05) is 24.8 Å². The predicted octanol–water partition coefficient (Wildman–Crippen LogP) is 6.01. The van der Waals surface area contributed by atoms with Gasteiger partial charge in [-0.2, -0.15) is 27.8 Å². The minimum absolute atomic E-state index is 0.0935. The van der Waals surface area contributed by atoms with E-state index in [9.17, 15) is 18.0 Å². The second-order valence-electron chi connectivity index (χ2n) is 12.3. The summed E-state index contributed by atoms with van der Waals surface area (Å²) in [5.74, 6) is -1.14. The highest BCUT2D eigenvalue weighted by atomic mass is 19.4. The van der Waals surface area contributed by atoms with Crippen LogP contribution in [0.1, 0.15) is 63.4 Å². The molecule has 3 aromatic rings. The number of halogens is 3. The smallest absolute Gasteiger partial charge is 0.453 e. The van der Waals surface area contributed by atoms with E-state index in [1.165, 1.54) is 34.9 Å². The van der Waals surface area contributed by atoms with Gasteiger partial charge in [-0.3, -0.25) is 0 Å². The van der Waals surface area contributed by atoms with Gasteiger partial charge in [0.2, 0.25) is 11.8 Å². The monoisotopic (exact) mass is 615 g/mol. The number of likely N-dealkylation sites (tertiary alicyclic amines) is 1. The number of carbonyl (C=O) groups excluding carboxylic acids is 1. The number of likely N-dealkylation sites (N-methyl/N-ethyl adjacent to an activating group) is 1. The maximum absolute atomic E-state index is 13.7. The van der Waals surface area contributed by atoms with Gasteiger partial charge in [-0.15, -0.1) is 5.10 Å². The van der Waals surface area contributed by atoms with Crippen LogP contribution in [-0.4, -0.2) is 80.6 Å². The van der Waals surface area contributed by atoms with E-state index in [0.29, 0.717) is 11.7 Å². The van der Waals surface area contributed by atoms with Crippen LogP contribution in [0.5, 0.6) is 5.88 Å². The van der Waals surface area contributed by atoms with Crippen molar-refractivity contribution in [2.24, 2.45) is 0 Å². The van der Waals surface area contributed by atoms with Crippen LogP contribution in [0.2, 0.25) is 0 Å². The minimum atomic E-state index is -4.75. The van der Waals surface area contributed by atoms with Crippen LogP contribution < -0.4 is 10.1 Å². The quantitative estimate of drug-likeness (QED) is 0.308. The Morgan fingerprint density at radius 2 is 1.77 bits per heavy atom. The zero-order valence-corrected chi connectivity index (χ0v) is 25.7. The predicted molar refractivity (Wildman–Crippen MR) is 159 cm³/mol. The van der Waals surface area contributed by atoms with Crippen LogP contribution in [0.25, 0.3) is 5.82 Å². The molecule has 1 aliphatic carbocycles. The largest absolute Gasteiger partial charge is 0.476 e. The van der Waals surface area contributed by atoms with Crippen LogP contribution in [0.3, 0.4) is 0 Å². The van der Waals surface area contributed by atoms with Gasteiger partial charge in [-0.05, 0) is 102 Å². The number of ether oxygens (including phenoxy) is 2. The molecule has 1 fully saturated rings. The Morgan fingerprint density at radius 1 is 1.05 bits per heavy atom. The van der Waals surface area contributed by atoms with Crippen molar-refractivity contribution in [3.63, 3.8) is 0 Å². The Morgan fingerprint density at radius 3 is 2.48 bits per heavy atom. The SMILES string of the molecule is CN(CCOc1cccc(-n2nc(C(F)(F)F)nc2Nc2ccc3c(c2)CCC(N2CCCC2)CC3)n1)C(=O)OC(C)(C)C. The summed E-state index contributed by atoms with van der Waals surface area (Å²) in [6.45, 7) is 7.96. The number of anilines is 2. The van der Waals surface area contributed by atoms with E-state index in [1.807, 2.05) is 12.1 Å². The maximum Gasteiger partial charge on any atom is 0.453 e. The fraction of sp³-hybridized carbons (Fsp3) is 0.548. The van der Waals surface area contributed by atoms with Gasteiger partial charge in [0.15, 0.2) is 5.82 Å². The van der Waals surface area contributed by atoms with Gasteiger partial charge < -0.3 is 24.6 Å². The first-order chi connectivity index (χ1) is 20.9. The van der Waals surface area contributed by atoms with Crippen molar-refractivity contribution < 1.29 is 27.4 Å². The molecular formula is C31H40F3N7O3. The van der Waals surface area contributed by atoms with Crippen LogP contribution in [0, 0.1) is 0 Å². The Kier molecular flexibility index (Phi) is 9.33. The zero-order chi connectivity index (χ0) is 31.5. The normalized spacial score (nSPS) is 17.6. The van der Waals surface area contributed by atoms with E-state index in [2.05, 4.69) is 31.3 Å². The molecule has 0 saturated carbocycles. The second kappa shape index (κ2) is 13.0. The van der Waals surface area contributed by atoms with Crippen molar-refractivity contribution in [2.75, 3.05) is 38.6 Å².